The molecule has 2 aromatic rings. The third-order valence-electron chi connectivity index (χ3n) is 3.21. The average Bonchev–Trinajstić information content (AvgIpc) is 2.48. The summed E-state index contributed by atoms with van der Waals surface area (Å²) < 4.78 is 11.8. The minimum Gasteiger partial charge on any atom is -0.437 e. The highest BCUT2D eigenvalue weighted by atomic mass is 16.5. The fraction of sp³-hybridized carbons (Fsp3) is 0.353. The number of rotatable bonds is 6. The molecule has 2 rings (SSSR count). The van der Waals surface area contributed by atoms with E-state index in [0.717, 1.165) is 12.0 Å². The monoisotopic (exact) mass is 286 g/mol. The van der Waals surface area contributed by atoms with E-state index in [-0.39, 0.29) is 0 Å². The van der Waals surface area contributed by atoms with E-state index >= 15 is 0 Å². The summed E-state index contributed by atoms with van der Waals surface area (Å²) in [5.74, 6) is 1.13. The molecule has 0 unspecified atom stereocenters. The molecule has 112 valence electrons. The predicted molar refractivity (Wildman–Crippen MR) is 84.4 cm³/mol. The largest absolute Gasteiger partial charge is 0.437 e. The van der Waals surface area contributed by atoms with Crippen molar-refractivity contribution in [1.82, 2.24) is 4.98 Å². The van der Waals surface area contributed by atoms with E-state index in [0.29, 0.717) is 23.9 Å². The molecule has 0 fully saturated rings. The highest BCUT2D eigenvalue weighted by Crippen LogP contribution is 2.35. The van der Waals surface area contributed by atoms with Gasteiger partial charge in [-0.25, -0.2) is 4.98 Å². The van der Waals surface area contributed by atoms with Crippen molar-refractivity contribution >= 4 is 5.69 Å². The number of para-hydroxylation sites is 1. The number of anilines is 1. The lowest BCUT2D eigenvalue weighted by molar-refractivity contribution is -0.0224. The highest BCUT2D eigenvalue weighted by molar-refractivity contribution is 5.50. The van der Waals surface area contributed by atoms with Crippen LogP contribution in [0.2, 0.25) is 0 Å². The number of benzene rings is 1. The van der Waals surface area contributed by atoms with E-state index in [4.69, 9.17) is 15.2 Å². The Bertz CT molecular complexity index is 597. The molecule has 4 nitrogen and oxygen atoms in total. The first-order valence-corrected chi connectivity index (χ1v) is 7.16. The predicted octanol–water partition coefficient (Wildman–Crippen LogP) is 4.12. The lowest BCUT2D eigenvalue weighted by Gasteiger charge is -2.27. The van der Waals surface area contributed by atoms with Crippen LogP contribution in [0.1, 0.15) is 32.8 Å². The maximum atomic E-state index is 5.94. The van der Waals surface area contributed by atoms with Gasteiger partial charge in [0.25, 0.3) is 0 Å². The third kappa shape index (κ3) is 3.73. The Hall–Kier alpha value is -2.07. The summed E-state index contributed by atoms with van der Waals surface area (Å²) in [6.07, 6.45) is 2.63. The van der Waals surface area contributed by atoms with Gasteiger partial charge in [-0.2, -0.15) is 0 Å². The Labute approximate surface area is 125 Å². The van der Waals surface area contributed by atoms with E-state index in [1.807, 2.05) is 38.1 Å². The Morgan fingerprint density at radius 1 is 1.14 bits per heavy atom. The summed E-state index contributed by atoms with van der Waals surface area (Å²) in [4.78, 5) is 4.17. The number of hydrogen-bond donors (Lipinski definition) is 1. The maximum absolute atomic E-state index is 5.94. The van der Waals surface area contributed by atoms with E-state index in [2.05, 4.69) is 11.9 Å². The molecule has 21 heavy (non-hydrogen) atoms. The number of nitrogens with zero attached hydrogens (tertiary/aromatic N) is 1. The number of nitrogen functional groups attached to an aromatic ring is 1. The molecule has 0 amide bonds. The van der Waals surface area contributed by atoms with Crippen molar-refractivity contribution in [2.45, 2.75) is 32.8 Å². The fourth-order valence-electron chi connectivity index (χ4n) is 2.08. The maximum Gasteiger partial charge on any atom is 0.242 e. The molecule has 0 aliphatic carbocycles. The Morgan fingerprint density at radius 3 is 2.62 bits per heavy atom. The summed E-state index contributed by atoms with van der Waals surface area (Å²) in [5.41, 5.74) is 6.94. The molecule has 0 aliphatic heterocycles. The van der Waals surface area contributed by atoms with Crippen molar-refractivity contribution in [1.29, 1.82) is 0 Å². The molecule has 1 aromatic heterocycles. The van der Waals surface area contributed by atoms with Crippen LogP contribution in [0.3, 0.4) is 0 Å². The summed E-state index contributed by atoms with van der Waals surface area (Å²) in [7, 11) is 0. The van der Waals surface area contributed by atoms with Crippen LogP contribution in [0, 0.1) is 0 Å². The van der Waals surface area contributed by atoms with Gasteiger partial charge in [-0.3, -0.25) is 0 Å². The highest BCUT2D eigenvalue weighted by Gasteiger charge is 2.25. The molecule has 1 aromatic carbocycles. The van der Waals surface area contributed by atoms with Gasteiger partial charge >= 0.3 is 0 Å². The molecule has 4 heteroatoms. The molecule has 0 saturated carbocycles. The standard InChI is InChI=1S/C17H22N2O2/c1-4-12-20-17(2,3)13-8-5-6-10-15(13)21-16-14(18)9-7-11-19-16/h5-11H,4,12,18H2,1-3H3. The third-order valence-corrected chi connectivity index (χ3v) is 3.21. The van der Waals surface area contributed by atoms with Crippen molar-refractivity contribution in [2.75, 3.05) is 12.3 Å². The molecule has 2 N–H and O–H groups in total. The van der Waals surface area contributed by atoms with Gasteiger partial charge in [0.15, 0.2) is 0 Å². The van der Waals surface area contributed by atoms with Gasteiger partial charge in [0.2, 0.25) is 5.88 Å². The van der Waals surface area contributed by atoms with Crippen LogP contribution in [0.5, 0.6) is 11.6 Å². The van der Waals surface area contributed by atoms with E-state index in [1.165, 1.54) is 0 Å². The van der Waals surface area contributed by atoms with E-state index in [9.17, 15) is 0 Å². The molecule has 0 atom stereocenters. The minimum atomic E-state index is -0.434. The van der Waals surface area contributed by atoms with Crippen molar-refractivity contribution in [3.05, 3.63) is 48.2 Å². The molecule has 0 aliphatic rings. The zero-order valence-electron chi connectivity index (χ0n) is 12.8. The lowest BCUT2D eigenvalue weighted by atomic mass is 9.97. The molecule has 0 bridgehead atoms. The van der Waals surface area contributed by atoms with Crippen molar-refractivity contribution in [3.8, 4) is 11.6 Å². The second-order valence-corrected chi connectivity index (χ2v) is 5.35. The summed E-state index contributed by atoms with van der Waals surface area (Å²) in [5, 5.41) is 0. The molecule has 0 spiro atoms. The number of hydrogen-bond acceptors (Lipinski definition) is 4. The summed E-state index contributed by atoms with van der Waals surface area (Å²) >= 11 is 0. The van der Waals surface area contributed by atoms with Crippen LogP contribution in [0.25, 0.3) is 0 Å². The molecular formula is C17H22N2O2. The zero-order valence-corrected chi connectivity index (χ0v) is 12.8. The number of aromatic nitrogens is 1. The molecular weight excluding hydrogens is 264 g/mol. The summed E-state index contributed by atoms with van der Waals surface area (Å²) in [6, 6.07) is 11.4. The first-order valence-electron chi connectivity index (χ1n) is 7.16. The Morgan fingerprint density at radius 2 is 1.90 bits per heavy atom. The van der Waals surface area contributed by atoms with Crippen molar-refractivity contribution in [2.24, 2.45) is 0 Å². The van der Waals surface area contributed by atoms with E-state index in [1.54, 1.807) is 18.3 Å². The van der Waals surface area contributed by atoms with Crippen LogP contribution in [0.4, 0.5) is 5.69 Å². The average molecular weight is 286 g/mol. The quantitative estimate of drug-likeness (QED) is 0.868. The smallest absolute Gasteiger partial charge is 0.242 e. The van der Waals surface area contributed by atoms with Gasteiger partial charge in [-0.1, -0.05) is 25.1 Å². The fourth-order valence-corrected chi connectivity index (χ4v) is 2.08. The Kier molecular flexibility index (Phi) is 4.81. The van der Waals surface area contributed by atoms with Gasteiger partial charge in [-0.05, 0) is 38.5 Å². The zero-order chi connectivity index (χ0) is 15.3. The van der Waals surface area contributed by atoms with Gasteiger partial charge in [0.1, 0.15) is 5.75 Å². The molecule has 0 saturated heterocycles. The van der Waals surface area contributed by atoms with Gasteiger partial charge < -0.3 is 15.2 Å². The molecule has 0 radical (unpaired) electrons. The summed E-state index contributed by atoms with van der Waals surface area (Å²) in [6.45, 7) is 6.86. The van der Waals surface area contributed by atoms with Gasteiger partial charge in [-0.15, -0.1) is 0 Å². The van der Waals surface area contributed by atoms with Gasteiger partial charge in [0.05, 0.1) is 11.3 Å². The van der Waals surface area contributed by atoms with Crippen LogP contribution in [-0.4, -0.2) is 11.6 Å². The Balaban J connectivity index is 2.31. The second kappa shape index (κ2) is 6.59. The van der Waals surface area contributed by atoms with Crippen LogP contribution in [0.15, 0.2) is 42.6 Å². The normalized spacial score (nSPS) is 11.4. The first kappa shape index (κ1) is 15.3. The SMILES string of the molecule is CCCOC(C)(C)c1ccccc1Oc1ncccc1N. The number of ether oxygens (including phenoxy) is 2. The van der Waals surface area contributed by atoms with Crippen LogP contribution in [-0.2, 0) is 10.3 Å². The van der Waals surface area contributed by atoms with E-state index < -0.39 is 5.60 Å². The van der Waals surface area contributed by atoms with Crippen LogP contribution < -0.4 is 10.5 Å². The van der Waals surface area contributed by atoms with Crippen molar-refractivity contribution in [3.63, 3.8) is 0 Å². The van der Waals surface area contributed by atoms with Gasteiger partial charge in [0, 0.05) is 18.4 Å². The minimum absolute atomic E-state index is 0.413. The lowest BCUT2D eigenvalue weighted by Crippen LogP contribution is -2.22. The number of pyridine rings is 1. The number of nitrogens with two attached hydrogens (primary N) is 1. The second-order valence-electron chi connectivity index (χ2n) is 5.35. The molecule has 1 heterocycles. The topological polar surface area (TPSA) is 57.4 Å². The van der Waals surface area contributed by atoms with Crippen LogP contribution >= 0.6 is 0 Å². The van der Waals surface area contributed by atoms with Crippen molar-refractivity contribution < 1.29 is 9.47 Å². The first-order chi connectivity index (χ1) is 10.0.